The molecule has 2 aromatic rings. The Morgan fingerprint density at radius 3 is 2.59 bits per heavy atom. The Balaban J connectivity index is 2.23. The number of aromatic amines is 1. The first-order valence-corrected chi connectivity index (χ1v) is 9.10. The number of sulfone groups is 1. The molecule has 0 radical (unpaired) electrons. The van der Waals surface area contributed by atoms with E-state index in [4.69, 9.17) is 46.4 Å². The second kappa shape index (κ2) is 6.81. The molecule has 0 unspecified atom stereocenters. The molecule has 1 N–H and O–H groups in total. The average Bonchev–Trinajstić information content (AvgIpc) is 2.91. The summed E-state index contributed by atoms with van der Waals surface area (Å²) < 4.78 is 22.6. The molecule has 1 aromatic carbocycles. The van der Waals surface area contributed by atoms with Gasteiger partial charge in [-0.05, 0) is 23.8 Å². The number of benzene rings is 1. The monoisotopic (exact) mass is 398 g/mol. The van der Waals surface area contributed by atoms with E-state index < -0.39 is 13.6 Å². The number of rotatable bonds is 4. The first-order valence-electron chi connectivity index (χ1n) is 5.94. The average molecular weight is 400 g/mol. The summed E-state index contributed by atoms with van der Waals surface area (Å²) in [5.74, 6) is -0.352. The summed E-state index contributed by atoms with van der Waals surface area (Å²) in [5, 5.41) is 6.15. The van der Waals surface area contributed by atoms with Gasteiger partial charge in [-0.25, -0.2) is 8.42 Å². The summed E-state index contributed by atoms with van der Waals surface area (Å²) in [6, 6.07) is 8.06. The third-order valence-corrected chi connectivity index (χ3v) is 5.32. The van der Waals surface area contributed by atoms with Crippen LogP contribution in [-0.2, 0) is 13.6 Å². The van der Waals surface area contributed by atoms with Gasteiger partial charge in [0.25, 0.3) is 0 Å². The molecule has 0 amide bonds. The third-order valence-electron chi connectivity index (χ3n) is 2.68. The lowest BCUT2D eigenvalue weighted by molar-refractivity contribution is 0.594. The van der Waals surface area contributed by atoms with E-state index in [0.717, 1.165) is 0 Å². The topological polar surface area (TPSA) is 62.8 Å². The highest BCUT2D eigenvalue weighted by Gasteiger charge is 2.22. The van der Waals surface area contributed by atoms with E-state index in [1.54, 1.807) is 24.3 Å². The van der Waals surface area contributed by atoms with E-state index >= 15 is 0 Å². The molecule has 1 heterocycles. The number of hydrogen-bond acceptors (Lipinski definition) is 3. The van der Waals surface area contributed by atoms with Crippen molar-refractivity contribution in [2.45, 2.75) is 8.82 Å². The maximum Gasteiger partial charge on any atom is 0.216 e. The van der Waals surface area contributed by atoms with Gasteiger partial charge in [-0.2, -0.15) is 5.10 Å². The summed E-state index contributed by atoms with van der Waals surface area (Å²) >= 11 is 23.5. The minimum absolute atomic E-state index is 0.00842. The van der Waals surface area contributed by atoms with Crippen molar-refractivity contribution in [3.8, 4) is 0 Å². The molecule has 0 saturated carbocycles. The smallest absolute Gasteiger partial charge is 0.216 e. The molecule has 0 aliphatic carbocycles. The number of hydrogen-bond donors (Lipinski definition) is 1. The standard InChI is InChI=1S/C13H10Cl4N2O2S/c14-11(8-22(20,21)12-4-5-18-19-12)7-9-2-1-3-10(6-9)13(15,16)17/h1-7H,8H2,(H,18,19). The lowest BCUT2D eigenvalue weighted by Gasteiger charge is -2.11. The van der Waals surface area contributed by atoms with Gasteiger partial charge in [-0.15, -0.1) is 0 Å². The van der Waals surface area contributed by atoms with Crippen LogP contribution in [0.5, 0.6) is 0 Å². The van der Waals surface area contributed by atoms with Crippen LogP contribution in [-0.4, -0.2) is 24.4 Å². The van der Waals surface area contributed by atoms with E-state index in [-0.39, 0.29) is 15.8 Å². The van der Waals surface area contributed by atoms with Crippen LogP contribution in [0.4, 0.5) is 0 Å². The fourth-order valence-electron chi connectivity index (χ4n) is 1.70. The summed E-state index contributed by atoms with van der Waals surface area (Å²) in [6.07, 6.45) is 2.87. The molecular formula is C13H10Cl4N2O2S. The van der Waals surface area contributed by atoms with E-state index in [1.165, 1.54) is 18.3 Å². The van der Waals surface area contributed by atoms with Crippen molar-refractivity contribution < 1.29 is 8.42 Å². The minimum atomic E-state index is -3.57. The van der Waals surface area contributed by atoms with Crippen molar-refractivity contribution in [2.75, 3.05) is 5.75 Å². The van der Waals surface area contributed by atoms with E-state index in [2.05, 4.69) is 10.2 Å². The van der Waals surface area contributed by atoms with Gasteiger partial charge in [0.05, 0.1) is 11.9 Å². The molecule has 0 bridgehead atoms. The summed E-state index contributed by atoms with van der Waals surface area (Å²) in [6.45, 7) is 0. The van der Waals surface area contributed by atoms with Crippen LogP contribution in [0.2, 0.25) is 0 Å². The van der Waals surface area contributed by atoms with Gasteiger partial charge in [-0.3, -0.25) is 5.10 Å². The van der Waals surface area contributed by atoms with Crippen LogP contribution in [0, 0.1) is 0 Å². The maximum absolute atomic E-state index is 12.1. The van der Waals surface area contributed by atoms with Crippen LogP contribution in [0.3, 0.4) is 0 Å². The first-order chi connectivity index (χ1) is 10.2. The number of alkyl halides is 3. The molecule has 0 aliphatic rings. The van der Waals surface area contributed by atoms with Crippen molar-refractivity contribution in [1.29, 1.82) is 0 Å². The van der Waals surface area contributed by atoms with Gasteiger partial charge < -0.3 is 0 Å². The van der Waals surface area contributed by atoms with Crippen molar-refractivity contribution >= 4 is 62.3 Å². The predicted molar refractivity (Wildman–Crippen MR) is 90.1 cm³/mol. The Morgan fingerprint density at radius 1 is 1.27 bits per heavy atom. The molecule has 22 heavy (non-hydrogen) atoms. The minimum Gasteiger partial charge on any atom is -0.267 e. The van der Waals surface area contributed by atoms with Crippen molar-refractivity contribution in [1.82, 2.24) is 10.2 Å². The molecule has 0 atom stereocenters. The van der Waals surface area contributed by atoms with Gasteiger partial charge in [0.1, 0.15) is 0 Å². The van der Waals surface area contributed by atoms with Crippen molar-refractivity contribution in [3.05, 3.63) is 52.7 Å². The Labute approximate surface area is 147 Å². The van der Waals surface area contributed by atoms with Gasteiger partial charge in [0, 0.05) is 10.6 Å². The zero-order chi connectivity index (χ0) is 16.4. The Kier molecular flexibility index (Phi) is 5.45. The molecular weight excluding hydrogens is 390 g/mol. The van der Waals surface area contributed by atoms with Crippen molar-refractivity contribution in [2.24, 2.45) is 0 Å². The van der Waals surface area contributed by atoms with Gasteiger partial charge in [0.15, 0.2) is 14.9 Å². The number of nitrogens with zero attached hydrogens (tertiary/aromatic N) is 1. The number of nitrogens with one attached hydrogen (secondary N) is 1. The van der Waals surface area contributed by atoms with E-state index in [1.807, 2.05) is 0 Å². The molecule has 1 aromatic heterocycles. The molecule has 0 saturated heterocycles. The van der Waals surface area contributed by atoms with Crippen LogP contribution in [0.25, 0.3) is 6.08 Å². The zero-order valence-corrected chi connectivity index (χ0v) is 14.8. The molecule has 0 aliphatic heterocycles. The number of aromatic nitrogens is 2. The highest BCUT2D eigenvalue weighted by atomic mass is 35.6. The molecule has 0 spiro atoms. The molecule has 9 heteroatoms. The van der Waals surface area contributed by atoms with E-state index in [0.29, 0.717) is 11.1 Å². The Hall–Kier alpha value is -0.720. The summed E-state index contributed by atoms with van der Waals surface area (Å²) in [5.41, 5.74) is 1.10. The second-order valence-electron chi connectivity index (χ2n) is 4.39. The fraction of sp³-hybridized carbons (Fsp3) is 0.154. The molecule has 118 valence electrons. The highest BCUT2D eigenvalue weighted by Crippen LogP contribution is 2.38. The number of H-pyrrole nitrogens is 1. The Bertz CT molecular complexity index is 781. The Morgan fingerprint density at radius 2 is 2.00 bits per heavy atom. The lowest BCUT2D eigenvalue weighted by atomic mass is 10.1. The maximum atomic E-state index is 12.1. The van der Waals surface area contributed by atoms with Crippen LogP contribution in [0.1, 0.15) is 11.1 Å². The fourth-order valence-corrected chi connectivity index (χ4v) is 3.67. The van der Waals surface area contributed by atoms with Crippen LogP contribution in [0.15, 0.2) is 46.6 Å². The van der Waals surface area contributed by atoms with Gasteiger partial charge >= 0.3 is 0 Å². The van der Waals surface area contributed by atoms with Crippen LogP contribution < -0.4 is 0 Å². The van der Waals surface area contributed by atoms with E-state index in [9.17, 15) is 8.42 Å². The number of halogens is 4. The third kappa shape index (κ3) is 4.64. The zero-order valence-electron chi connectivity index (χ0n) is 10.9. The van der Waals surface area contributed by atoms with Crippen molar-refractivity contribution in [3.63, 3.8) is 0 Å². The first kappa shape index (κ1) is 17.6. The second-order valence-corrected chi connectivity index (χ2v) is 9.12. The predicted octanol–water partition coefficient (Wildman–Crippen LogP) is 4.29. The quantitative estimate of drug-likeness (QED) is 0.780. The van der Waals surface area contributed by atoms with Gasteiger partial charge in [-0.1, -0.05) is 64.6 Å². The van der Waals surface area contributed by atoms with Crippen LogP contribution >= 0.6 is 46.4 Å². The highest BCUT2D eigenvalue weighted by molar-refractivity contribution is 7.91. The van der Waals surface area contributed by atoms with Gasteiger partial charge in [0.2, 0.25) is 3.79 Å². The largest absolute Gasteiger partial charge is 0.267 e. The normalized spacial score (nSPS) is 13.4. The molecule has 4 nitrogen and oxygen atoms in total. The molecule has 2 rings (SSSR count). The molecule has 0 fully saturated rings. The lowest BCUT2D eigenvalue weighted by Crippen LogP contribution is -2.07. The summed E-state index contributed by atoms with van der Waals surface area (Å²) in [4.78, 5) is 0. The summed E-state index contributed by atoms with van der Waals surface area (Å²) in [7, 11) is -3.57. The SMILES string of the molecule is O=S(=O)(CC(Cl)=Cc1cccc(C(Cl)(Cl)Cl)c1)c1ccn[nH]1.